The second kappa shape index (κ2) is 10.2. The molecular weight excluding hydrogens is 428 g/mol. The molecule has 2 aromatic carbocycles. The first kappa shape index (κ1) is 22.4. The SMILES string of the molecule is CC#C[C@@H](CC#N)c1ccc(OCc2cc3c(-c4ccc(OC)cc4C)csc3cn2)cc1. The van der Waals surface area contributed by atoms with Gasteiger partial charge >= 0.3 is 0 Å². The van der Waals surface area contributed by atoms with Crippen LogP contribution in [0.1, 0.15) is 36.1 Å². The number of nitriles is 1. The van der Waals surface area contributed by atoms with Crippen molar-refractivity contribution in [3.8, 4) is 40.5 Å². The maximum absolute atomic E-state index is 9.03. The molecule has 5 heteroatoms. The molecule has 0 saturated heterocycles. The molecule has 0 aliphatic rings. The summed E-state index contributed by atoms with van der Waals surface area (Å²) < 4.78 is 12.5. The Bertz CT molecular complexity index is 1370. The fourth-order valence-electron chi connectivity index (χ4n) is 3.80. The van der Waals surface area contributed by atoms with Crippen LogP contribution in [-0.2, 0) is 6.61 Å². The zero-order valence-corrected chi connectivity index (χ0v) is 19.7. The molecule has 164 valence electrons. The summed E-state index contributed by atoms with van der Waals surface area (Å²) in [6.45, 7) is 4.27. The molecule has 2 aromatic heterocycles. The minimum Gasteiger partial charge on any atom is -0.497 e. The van der Waals surface area contributed by atoms with Crippen LogP contribution in [0, 0.1) is 30.1 Å². The molecule has 0 aliphatic carbocycles. The fourth-order valence-corrected chi connectivity index (χ4v) is 4.71. The van der Waals surface area contributed by atoms with Crippen LogP contribution in [0.5, 0.6) is 11.5 Å². The second-order valence-corrected chi connectivity index (χ2v) is 8.58. The molecule has 0 fully saturated rings. The van der Waals surface area contributed by atoms with Crippen molar-refractivity contribution < 1.29 is 9.47 Å². The molecule has 2 heterocycles. The van der Waals surface area contributed by atoms with E-state index in [1.807, 2.05) is 36.5 Å². The molecular formula is C28H24N2O2S. The van der Waals surface area contributed by atoms with Gasteiger partial charge in [-0.05, 0) is 66.2 Å². The van der Waals surface area contributed by atoms with Crippen LogP contribution >= 0.6 is 11.3 Å². The number of nitrogens with zero attached hydrogens (tertiary/aromatic N) is 2. The van der Waals surface area contributed by atoms with E-state index in [0.29, 0.717) is 13.0 Å². The Morgan fingerprint density at radius 2 is 1.85 bits per heavy atom. The molecule has 0 spiro atoms. The van der Waals surface area contributed by atoms with Gasteiger partial charge < -0.3 is 9.47 Å². The predicted molar refractivity (Wildman–Crippen MR) is 134 cm³/mol. The zero-order chi connectivity index (χ0) is 23.2. The number of pyridine rings is 1. The van der Waals surface area contributed by atoms with E-state index >= 15 is 0 Å². The molecule has 0 radical (unpaired) electrons. The van der Waals surface area contributed by atoms with Crippen molar-refractivity contribution in [2.75, 3.05) is 7.11 Å². The van der Waals surface area contributed by atoms with E-state index in [9.17, 15) is 0 Å². The lowest BCUT2D eigenvalue weighted by molar-refractivity contribution is 0.301. The smallest absolute Gasteiger partial charge is 0.130 e. The van der Waals surface area contributed by atoms with Gasteiger partial charge in [0.2, 0.25) is 0 Å². The Morgan fingerprint density at radius 1 is 1.06 bits per heavy atom. The van der Waals surface area contributed by atoms with E-state index in [1.54, 1.807) is 25.4 Å². The van der Waals surface area contributed by atoms with Crippen molar-refractivity contribution in [3.63, 3.8) is 0 Å². The lowest BCUT2D eigenvalue weighted by Crippen LogP contribution is -1.99. The highest BCUT2D eigenvalue weighted by molar-refractivity contribution is 7.17. The van der Waals surface area contributed by atoms with E-state index in [4.69, 9.17) is 14.7 Å². The molecule has 0 saturated carbocycles. The maximum atomic E-state index is 9.03. The molecule has 0 N–H and O–H groups in total. The number of fused-ring (bicyclic) bond motifs is 1. The third-order valence-electron chi connectivity index (χ3n) is 5.52. The van der Waals surface area contributed by atoms with Crippen molar-refractivity contribution in [1.29, 1.82) is 5.26 Å². The second-order valence-electron chi connectivity index (χ2n) is 7.67. The minimum atomic E-state index is -0.0726. The number of thiophene rings is 1. The monoisotopic (exact) mass is 452 g/mol. The largest absolute Gasteiger partial charge is 0.497 e. The summed E-state index contributed by atoms with van der Waals surface area (Å²) in [7, 11) is 1.68. The number of hydrogen-bond acceptors (Lipinski definition) is 5. The van der Waals surface area contributed by atoms with Crippen LogP contribution in [0.15, 0.2) is 60.1 Å². The normalized spacial score (nSPS) is 11.3. The highest BCUT2D eigenvalue weighted by Gasteiger charge is 2.12. The average molecular weight is 453 g/mol. The summed E-state index contributed by atoms with van der Waals surface area (Å²) in [6, 6.07) is 18.3. The summed E-state index contributed by atoms with van der Waals surface area (Å²) in [4.78, 5) is 4.58. The van der Waals surface area contributed by atoms with Crippen molar-refractivity contribution >= 4 is 21.4 Å². The topological polar surface area (TPSA) is 55.1 Å². The number of aromatic nitrogens is 1. The fraction of sp³-hybridized carbons (Fsp3) is 0.214. The van der Waals surface area contributed by atoms with Crippen molar-refractivity contribution in [2.45, 2.75) is 32.8 Å². The van der Waals surface area contributed by atoms with E-state index < -0.39 is 0 Å². The third-order valence-corrected chi connectivity index (χ3v) is 6.46. The number of hydrogen-bond donors (Lipinski definition) is 0. The summed E-state index contributed by atoms with van der Waals surface area (Å²) in [5, 5.41) is 12.4. The van der Waals surface area contributed by atoms with Gasteiger partial charge in [-0.15, -0.1) is 17.3 Å². The van der Waals surface area contributed by atoms with E-state index in [2.05, 4.69) is 53.4 Å². The van der Waals surface area contributed by atoms with Crippen molar-refractivity contribution in [1.82, 2.24) is 4.98 Å². The Morgan fingerprint density at radius 3 is 2.55 bits per heavy atom. The Kier molecular flexibility index (Phi) is 6.93. The Balaban J connectivity index is 1.52. The number of methoxy groups -OCH3 is 1. The summed E-state index contributed by atoms with van der Waals surface area (Å²) >= 11 is 1.69. The highest BCUT2D eigenvalue weighted by atomic mass is 32.1. The van der Waals surface area contributed by atoms with Gasteiger partial charge in [0.15, 0.2) is 0 Å². The highest BCUT2D eigenvalue weighted by Crippen LogP contribution is 2.36. The van der Waals surface area contributed by atoms with Crippen LogP contribution in [0.3, 0.4) is 0 Å². The van der Waals surface area contributed by atoms with Gasteiger partial charge in [-0.2, -0.15) is 5.26 Å². The Labute approximate surface area is 198 Å². The third kappa shape index (κ3) is 5.00. The first-order valence-corrected chi connectivity index (χ1v) is 11.5. The van der Waals surface area contributed by atoms with E-state index in [1.165, 1.54) is 22.1 Å². The quantitative estimate of drug-likeness (QED) is 0.287. The summed E-state index contributed by atoms with van der Waals surface area (Å²) in [6.07, 6.45) is 2.29. The number of aryl methyl sites for hydroxylation is 1. The number of ether oxygens (including phenoxy) is 2. The van der Waals surface area contributed by atoms with Crippen LogP contribution in [0.2, 0.25) is 0 Å². The van der Waals surface area contributed by atoms with Gasteiger partial charge in [-0.25, -0.2) is 0 Å². The minimum absolute atomic E-state index is 0.0726. The first-order valence-electron chi connectivity index (χ1n) is 10.7. The number of rotatable bonds is 7. The van der Waals surface area contributed by atoms with Gasteiger partial charge in [0.25, 0.3) is 0 Å². The average Bonchev–Trinajstić information content (AvgIpc) is 3.26. The van der Waals surface area contributed by atoms with E-state index in [0.717, 1.165) is 27.5 Å². The maximum Gasteiger partial charge on any atom is 0.130 e. The van der Waals surface area contributed by atoms with Crippen LogP contribution in [-0.4, -0.2) is 12.1 Å². The lowest BCUT2D eigenvalue weighted by Gasteiger charge is -2.10. The van der Waals surface area contributed by atoms with Gasteiger partial charge in [0.05, 0.1) is 35.9 Å². The Hall–Kier alpha value is -3.80. The van der Waals surface area contributed by atoms with E-state index in [-0.39, 0.29) is 5.92 Å². The zero-order valence-electron chi connectivity index (χ0n) is 18.9. The van der Waals surface area contributed by atoms with Gasteiger partial charge in [0, 0.05) is 17.1 Å². The first-order chi connectivity index (χ1) is 16.1. The van der Waals surface area contributed by atoms with Gasteiger partial charge in [-0.1, -0.05) is 24.1 Å². The molecule has 4 nitrogen and oxygen atoms in total. The van der Waals surface area contributed by atoms with Crippen LogP contribution < -0.4 is 9.47 Å². The molecule has 0 amide bonds. The molecule has 4 rings (SSSR count). The molecule has 0 bridgehead atoms. The predicted octanol–water partition coefficient (Wildman–Crippen LogP) is 6.88. The van der Waals surface area contributed by atoms with Gasteiger partial charge in [-0.3, -0.25) is 4.98 Å². The van der Waals surface area contributed by atoms with Crippen molar-refractivity contribution in [2.24, 2.45) is 0 Å². The summed E-state index contributed by atoms with van der Waals surface area (Å²) in [5.74, 6) is 7.54. The molecule has 4 aromatic rings. The standard InChI is InChI=1S/C28H24N2O2S/c1-4-5-20(12-13-29)21-6-8-23(9-7-21)32-17-22-15-26-27(18-33-28(26)16-30-22)25-11-10-24(31-3)14-19(25)2/h6-11,14-16,18,20H,12,17H2,1-3H3/t20-/m0/s1. The molecule has 0 unspecified atom stereocenters. The lowest BCUT2D eigenvalue weighted by atomic mass is 9.97. The van der Waals surface area contributed by atoms with Gasteiger partial charge in [0.1, 0.15) is 18.1 Å². The summed E-state index contributed by atoms with van der Waals surface area (Å²) in [5.41, 5.74) is 5.46. The molecule has 33 heavy (non-hydrogen) atoms. The van der Waals surface area contributed by atoms with Crippen LogP contribution in [0.25, 0.3) is 21.2 Å². The number of benzene rings is 2. The van der Waals surface area contributed by atoms with Crippen LogP contribution in [0.4, 0.5) is 0 Å². The molecule has 0 aliphatic heterocycles. The van der Waals surface area contributed by atoms with Crippen molar-refractivity contribution in [3.05, 3.63) is 76.9 Å². The molecule has 1 atom stereocenters.